The third-order valence-electron chi connectivity index (χ3n) is 3.08. The fraction of sp³-hybridized carbons (Fsp3) is 0.333. The second-order valence-electron chi connectivity index (χ2n) is 4.61. The highest BCUT2D eigenvalue weighted by atomic mass is 32.1. The average molecular weight is 304 g/mol. The van der Waals surface area contributed by atoms with E-state index in [0.29, 0.717) is 18.2 Å². The molecule has 108 valence electrons. The summed E-state index contributed by atoms with van der Waals surface area (Å²) in [6, 6.07) is 0. The molecule has 0 radical (unpaired) electrons. The van der Waals surface area contributed by atoms with Crippen LogP contribution in [0.5, 0.6) is 0 Å². The van der Waals surface area contributed by atoms with Gasteiger partial charge in [0.15, 0.2) is 0 Å². The van der Waals surface area contributed by atoms with Gasteiger partial charge in [-0.15, -0.1) is 10.2 Å². The first-order chi connectivity index (χ1) is 10.1. The van der Waals surface area contributed by atoms with E-state index in [1.807, 2.05) is 6.92 Å². The maximum Gasteiger partial charge on any atom is 0.274 e. The molecular weight excluding hydrogens is 292 g/mol. The fourth-order valence-electron chi connectivity index (χ4n) is 1.94. The molecule has 21 heavy (non-hydrogen) atoms. The molecule has 0 bridgehead atoms. The number of carbonyl (C=O) groups is 2. The molecule has 0 aromatic carbocycles. The van der Waals surface area contributed by atoms with Crippen molar-refractivity contribution in [3.63, 3.8) is 0 Å². The molecule has 8 nitrogen and oxygen atoms in total. The van der Waals surface area contributed by atoms with Gasteiger partial charge in [-0.05, 0) is 6.92 Å². The highest BCUT2D eigenvalue weighted by Gasteiger charge is 2.36. The number of nitrogens with zero attached hydrogens (tertiary/aromatic N) is 5. The standard InChI is InChI=1S/C12H12N6O2S/c1-7-16-17-12(21-7)15-10(19)8-5-18(6-8)11(20)9-4-13-2-3-14-9/h2-4,8H,5-6H2,1H3,(H,15,17,19). The molecule has 1 saturated heterocycles. The number of aromatic nitrogens is 4. The number of rotatable bonds is 3. The molecule has 9 heteroatoms. The molecule has 3 rings (SSSR count). The van der Waals surface area contributed by atoms with E-state index in [2.05, 4.69) is 25.5 Å². The highest BCUT2D eigenvalue weighted by Crippen LogP contribution is 2.21. The van der Waals surface area contributed by atoms with Crippen molar-refractivity contribution in [3.05, 3.63) is 29.3 Å². The van der Waals surface area contributed by atoms with Gasteiger partial charge in [-0.1, -0.05) is 11.3 Å². The van der Waals surface area contributed by atoms with Gasteiger partial charge in [0.2, 0.25) is 11.0 Å². The lowest BCUT2D eigenvalue weighted by molar-refractivity contribution is -0.123. The zero-order valence-electron chi connectivity index (χ0n) is 11.2. The largest absolute Gasteiger partial charge is 0.336 e. The molecule has 1 fully saturated rings. The van der Waals surface area contributed by atoms with E-state index in [4.69, 9.17) is 0 Å². The van der Waals surface area contributed by atoms with E-state index in [9.17, 15) is 9.59 Å². The molecule has 1 aliphatic rings. The van der Waals surface area contributed by atoms with Crippen LogP contribution >= 0.6 is 11.3 Å². The molecule has 2 amide bonds. The van der Waals surface area contributed by atoms with Gasteiger partial charge in [0, 0.05) is 25.5 Å². The van der Waals surface area contributed by atoms with Crippen LogP contribution in [-0.2, 0) is 4.79 Å². The molecule has 1 aliphatic heterocycles. The van der Waals surface area contributed by atoms with Crippen molar-refractivity contribution < 1.29 is 9.59 Å². The van der Waals surface area contributed by atoms with Crippen LogP contribution in [0.4, 0.5) is 5.13 Å². The van der Waals surface area contributed by atoms with Crippen LogP contribution in [0.15, 0.2) is 18.6 Å². The summed E-state index contributed by atoms with van der Waals surface area (Å²) in [6.45, 7) is 2.57. The SMILES string of the molecule is Cc1nnc(NC(=O)C2CN(C(=O)c3cnccn3)C2)s1. The number of hydrogen-bond acceptors (Lipinski definition) is 7. The van der Waals surface area contributed by atoms with Crippen molar-refractivity contribution in [2.75, 3.05) is 18.4 Å². The lowest BCUT2D eigenvalue weighted by Gasteiger charge is -2.37. The molecule has 1 N–H and O–H groups in total. The van der Waals surface area contributed by atoms with Crippen molar-refractivity contribution >= 4 is 28.3 Å². The van der Waals surface area contributed by atoms with Gasteiger partial charge < -0.3 is 10.2 Å². The third kappa shape index (κ3) is 2.87. The predicted molar refractivity (Wildman–Crippen MR) is 74.7 cm³/mol. The minimum absolute atomic E-state index is 0.144. The van der Waals surface area contributed by atoms with E-state index in [-0.39, 0.29) is 23.4 Å². The number of aryl methyl sites for hydroxylation is 1. The maximum atomic E-state index is 12.0. The van der Waals surface area contributed by atoms with Crippen LogP contribution in [0, 0.1) is 12.8 Å². The molecule has 2 aromatic heterocycles. The highest BCUT2D eigenvalue weighted by molar-refractivity contribution is 7.15. The third-order valence-corrected chi connectivity index (χ3v) is 3.83. The number of amides is 2. The van der Waals surface area contributed by atoms with Crippen molar-refractivity contribution in [1.82, 2.24) is 25.1 Å². The Bertz CT molecular complexity index is 667. The first-order valence-electron chi connectivity index (χ1n) is 6.30. The zero-order valence-corrected chi connectivity index (χ0v) is 12.0. The van der Waals surface area contributed by atoms with E-state index < -0.39 is 0 Å². The molecular formula is C12H12N6O2S. The molecule has 0 atom stereocenters. The lowest BCUT2D eigenvalue weighted by atomic mass is 9.99. The van der Waals surface area contributed by atoms with Crippen LogP contribution in [-0.4, -0.2) is 50.0 Å². The predicted octanol–water partition coefficient (Wildman–Crippen LogP) is 0.347. The minimum Gasteiger partial charge on any atom is -0.336 e. The minimum atomic E-state index is -0.227. The Labute approximate surface area is 124 Å². The molecule has 2 aromatic rings. The Balaban J connectivity index is 1.53. The molecule has 0 spiro atoms. The average Bonchev–Trinajstić information content (AvgIpc) is 2.83. The van der Waals surface area contributed by atoms with E-state index in [1.54, 1.807) is 4.90 Å². The van der Waals surface area contributed by atoms with Crippen molar-refractivity contribution in [2.45, 2.75) is 6.92 Å². The normalized spacial score (nSPS) is 14.6. The Morgan fingerprint density at radius 2 is 2.14 bits per heavy atom. The Kier molecular flexibility index (Phi) is 3.57. The summed E-state index contributed by atoms with van der Waals surface area (Å²) in [7, 11) is 0. The summed E-state index contributed by atoms with van der Waals surface area (Å²) in [4.78, 5) is 33.4. The summed E-state index contributed by atoms with van der Waals surface area (Å²) < 4.78 is 0. The Hall–Kier alpha value is -2.42. The summed E-state index contributed by atoms with van der Waals surface area (Å²) in [5.74, 6) is -0.580. The van der Waals surface area contributed by atoms with Gasteiger partial charge in [-0.2, -0.15) is 0 Å². The summed E-state index contributed by atoms with van der Waals surface area (Å²) in [6.07, 6.45) is 4.39. The molecule has 0 aliphatic carbocycles. The zero-order chi connectivity index (χ0) is 14.8. The summed E-state index contributed by atoms with van der Waals surface area (Å²) >= 11 is 1.32. The number of carbonyl (C=O) groups excluding carboxylic acids is 2. The summed E-state index contributed by atoms with van der Waals surface area (Å²) in [5.41, 5.74) is 0.288. The van der Waals surface area contributed by atoms with Gasteiger partial charge in [-0.3, -0.25) is 14.6 Å². The van der Waals surface area contributed by atoms with Gasteiger partial charge >= 0.3 is 0 Å². The van der Waals surface area contributed by atoms with Gasteiger partial charge in [0.25, 0.3) is 5.91 Å². The van der Waals surface area contributed by atoms with Gasteiger partial charge in [0.05, 0.1) is 12.1 Å². The number of nitrogens with one attached hydrogen (secondary N) is 1. The van der Waals surface area contributed by atoms with Crippen LogP contribution in [0.25, 0.3) is 0 Å². The topological polar surface area (TPSA) is 101 Å². The molecule has 3 heterocycles. The van der Waals surface area contributed by atoms with Crippen molar-refractivity contribution in [2.24, 2.45) is 5.92 Å². The lowest BCUT2D eigenvalue weighted by Crippen LogP contribution is -2.54. The van der Waals surface area contributed by atoms with Crippen LogP contribution in [0.3, 0.4) is 0 Å². The molecule has 0 saturated carbocycles. The van der Waals surface area contributed by atoms with Gasteiger partial charge in [0.1, 0.15) is 10.7 Å². The quantitative estimate of drug-likeness (QED) is 0.878. The first kappa shape index (κ1) is 13.6. The molecule has 0 unspecified atom stereocenters. The van der Waals surface area contributed by atoms with Crippen LogP contribution in [0.2, 0.25) is 0 Å². The van der Waals surface area contributed by atoms with E-state index >= 15 is 0 Å². The van der Waals surface area contributed by atoms with E-state index in [1.165, 1.54) is 29.9 Å². The van der Waals surface area contributed by atoms with Crippen LogP contribution < -0.4 is 5.32 Å². The smallest absolute Gasteiger partial charge is 0.274 e. The Morgan fingerprint density at radius 1 is 1.33 bits per heavy atom. The second kappa shape index (κ2) is 5.52. The van der Waals surface area contributed by atoms with Gasteiger partial charge in [-0.25, -0.2) is 4.98 Å². The van der Waals surface area contributed by atoms with E-state index in [0.717, 1.165) is 5.01 Å². The number of likely N-dealkylation sites (tertiary alicyclic amines) is 1. The first-order valence-corrected chi connectivity index (χ1v) is 7.11. The summed E-state index contributed by atoms with van der Waals surface area (Å²) in [5, 5.41) is 11.6. The van der Waals surface area contributed by atoms with Crippen molar-refractivity contribution in [3.8, 4) is 0 Å². The number of anilines is 1. The number of hydrogen-bond donors (Lipinski definition) is 1. The monoisotopic (exact) mass is 304 g/mol. The van der Waals surface area contributed by atoms with Crippen LogP contribution in [0.1, 0.15) is 15.5 Å². The van der Waals surface area contributed by atoms with Crippen molar-refractivity contribution in [1.29, 1.82) is 0 Å². The second-order valence-corrected chi connectivity index (χ2v) is 5.79. The fourth-order valence-corrected chi connectivity index (χ4v) is 2.53. The Morgan fingerprint density at radius 3 is 2.76 bits per heavy atom. The maximum absolute atomic E-state index is 12.0.